The molecule has 2 aromatic rings. The molecule has 0 aromatic heterocycles. The van der Waals surface area contributed by atoms with Gasteiger partial charge in [-0.05, 0) is 73.7 Å². The minimum atomic E-state index is -0.268. The lowest BCUT2D eigenvalue weighted by Crippen LogP contribution is -2.30. The maximum atomic E-state index is 12.8. The average molecular weight is 397 g/mol. The number of hydrogen-bond donors (Lipinski definition) is 1. The molecule has 0 bridgehead atoms. The summed E-state index contributed by atoms with van der Waals surface area (Å²) >= 11 is 5.85. The molecule has 1 saturated carbocycles. The summed E-state index contributed by atoms with van der Waals surface area (Å²) in [4.78, 5) is 39.3. The lowest BCUT2D eigenvalue weighted by Gasteiger charge is -2.25. The zero-order valence-corrected chi connectivity index (χ0v) is 16.3. The van der Waals surface area contributed by atoms with Crippen molar-refractivity contribution in [2.24, 2.45) is 17.8 Å². The highest BCUT2D eigenvalue weighted by Crippen LogP contribution is 2.42. The normalized spacial score (nSPS) is 24.2. The highest BCUT2D eigenvalue weighted by molar-refractivity contribution is 6.30. The number of nitrogens with one attached hydrogen (secondary N) is 1. The summed E-state index contributed by atoms with van der Waals surface area (Å²) in [5.74, 6) is -0.423. The molecule has 4 rings (SSSR count). The van der Waals surface area contributed by atoms with Gasteiger partial charge in [0.15, 0.2) is 0 Å². The summed E-state index contributed by atoms with van der Waals surface area (Å²) in [5.41, 5.74) is 1.62. The van der Waals surface area contributed by atoms with E-state index in [0.717, 1.165) is 19.3 Å². The van der Waals surface area contributed by atoms with Crippen molar-refractivity contribution in [3.05, 3.63) is 59.1 Å². The van der Waals surface area contributed by atoms with Crippen LogP contribution in [0.3, 0.4) is 0 Å². The third kappa shape index (κ3) is 3.42. The molecule has 2 aliphatic rings. The Morgan fingerprint density at radius 1 is 0.964 bits per heavy atom. The summed E-state index contributed by atoms with van der Waals surface area (Å²) < 4.78 is 0. The van der Waals surface area contributed by atoms with E-state index >= 15 is 0 Å². The summed E-state index contributed by atoms with van der Waals surface area (Å²) in [7, 11) is 0. The van der Waals surface area contributed by atoms with Crippen LogP contribution in [-0.4, -0.2) is 17.7 Å². The Labute approximate surface area is 168 Å². The van der Waals surface area contributed by atoms with Crippen molar-refractivity contribution in [1.29, 1.82) is 0 Å². The number of nitrogens with zero attached hydrogens (tertiary/aromatic N) is 1. The molecule has 1 aliphatic heterocycles. The van der Waals surface area contributed by atoms with Gasteiger partial charge in [0.05, 0.1) is 17.5 Å². The molecule has 3 amide bonds. The van der Waals surface area contributed by atoms with E-state index in [-0.39, 0.29) is 29.6 Å². The molecular formula is C22H21ClN2O3. The number of hydrogen-bond acceptors (Lipinski definition) is 3. The molecule has 0 spiro atoms. The van der Waals surface area contributed by atoms with Crippen LogP contribution < -0.4 is 10.2 Å². The number of anilines is 2. The van der Waals surface area contributed by atoms with Crippen molar-refractivity contribution in [2.45, 2.75) is 26.2 Å². The number of benzene rings is 2. The molecule has 1 aliphatic carbocycles. The van der Waals surface area contributed by atoms with Crippen LogP contribution in [0.1, 0.15) is 36.5 Å². The number of rotatable bonds is 3. The first-order chi connectivity index (χ1) is 13.4. The zero-order chi connectivity index (χ0) is 19.8. The van der Waals surface area contributed by atoms with Crippen LogP contribution in [-0.2, 0) is 9.59 Å². The number of halogens is 1. The monoisotopic (exact) mass is 396 g/mol. The lowest BCUT2D eigenvalue weighted by atomic mass is 9.76. The van der Waals surface area contributed by atoms with E-state index < -0.39 is 0 Å². The van der Waals surface area contributed by atoms with Gasteiger partial charge in [-0.1, -0.05) is 18.5 Å². The smallest absolute Gasteiger partial charge is 0.255 e. The molecule has 1 N–H and O–H groups in total. The Kier molecular flexibility index (Phi) is 4.94. The van der Waals surface area contributed by atoms with E-state index in [1.807, 2.05) is 0 Å². The molecule has 0 unspecified atom stereocenters. The van der Waals surface area contributed by atoms with Gasteiger partial charge in [-0.3, -0.25) is 19.3 Å². The van der Waals surface area contributed by atoms with Crippen molar-refractivity contribution in [3.8, 4) is 0 Å². The van der Waals surface area contributed by atoms with Gasteiger partial charge in [-0.15, -0.1) is 0 Å². The van der Waals surface area contributed by atoms with E-state index in [4.69, 9.17) is 11.6 Å². The van der Waals surface area contributed by atoms with E-state index in [1.54, 1.807) is 48.5 Å². The topological polar surface area (TPSA) is 66.5 Å². The first kappa shape index (κ1) is 18.7. The Morgan fingerprint density at radius 3 is 2.29 bits per heavy atom. The maximum Gasteiger partial charge on any atom is 0.255 e. The first-order valence-electron chi connectivity index (χ1n) is 9.49. The Hall–Kier alpha value is -2.66. The predicted octanol–water partition coefficient (Wildman–Crippen LogP) is 4.52. The number of imide groups is 1. The largest absolute Gasteiger partial charge is 0.322 e. The van der Waals surface area contributed by atoms with Crippen LogP contribution in [0.4, 0.5) is 11.4 Å². The second-order valence-electron chi connectivity index (χ2n) is 7.65. The second-order valence-corrected chi connectivity index (χ2v) is 8.09. The van der Waals surface area contributed by atoms with Crippen LogP contribution in [0.15, 0.2) is 48.5 Å². The summed E-state index contributed by atoms with van der Waals surface area (Å²) in [6.07, 6.45) is 2.53. The molecule has 0 radical (unpaired) electrons. The molecule has 144 valence electrons. The summed E-state index contributed by atoms with van der Waals surface area (Å²) in [5, 5.41) is 3.39. The van der Waals surface area contributed by atoms with Crippen molar-refractivity contribution < 1.29 is 14.4 Å². The molecule has 6 heteroatoms. The first-order valence-corrected chi connectivity index (χ1v) is 9.86. The second kappa shape index (κ2) is 7.40. The maximum absolute atomic E-state index is 12.8. The molecule has 1 saturated heterocycles. The van der Waals surface area contributed by atoms with Crippen LogP contribution >= 0.6 is 11.6 Å². The molecular weight excluding hydrogens is 376 g/mol. The van der Waals surface area contributed by atoms with Crippen molar-refractivity contribution in [2.75, 3.05) is 10.2 Å². The van der Waals surface area contributed by atoms with Crippen molar-refractivity contribution in [1.82, 2.24) is 0 Å². The quantitative estimate of drug-likeness (QED) is 0.776. The lowest BCUT2D eigenvalue weighted by molar-refractivity contribution is -0.122. The Morgan fingerprint density at radius 2 is 1.61 bits per heavy atom. The van der Waals surface area contributed by atoms with Gasteiger partial charge in [0.25, 0.3) is 5.91 Å². The van der Waals surface area contributed by atoms with Gasteiger partial charge in [-0.25, -0.2) is 0 Å². The Bertz CT molecular complexity index is 924. The van der Waals surface area contributed by atoms with Crippen molar-refractivity contribution >= 4 is 40.7 Å². The summed E-state index contributed by atoms with van der Waals surface area (Å²) in [6, 6.07) is 13.4. The fourth-order valence-corrected chi connectivity index (χ4v) is 4.27. The average Bonchev–Trinajstić information content (AvgIpc) is 2.93. The van der Waals surface area contributed by atoms with Gasteiger partial charge in [0.2, 0.25) is 11.8 Å². The molecule has 2 fully saturated rings. The van der Waals surface area contributed by atoms with Gasteiger partial charge in [0.1, 0.15) is 0 Å². The fourth-order valence-electron chi connectivity index (χ4n) is 4.14. The molecule has 5 nitrogen and oxygen atoms in total. The third-order valence-electron chi connectivity index (χ3n) is 5.68. The van der Waals surface area contributed by atoms with Gasteiger partial charge < -0.3 is 5.32 Å². The molecule has 2 aromatic carbocycles. The van der Waals surface area contributed by atoms with Gasteiger partial charge in [-0.2, -0.15) is 0 Å². The zero-order valence-electron chi connectivity index (χ0n) is 15.5. The molecule has 1 heterocycles. The number of amides is 3. The van der Waals surface area contributed by atoms with E-state index in [1.165, 1.54) is 4.90 Å². The highest BCUT2D eigenvalue weighted by Gasteiger charge is 2.49. The minimum absolute atomic E-state index is 0.111. The number of carbonyl (C=O) groups is 3. The van der Waals surface area contributed by atoms with Crippen LogP contribution in [0.25, 0.3) is 0 Å². The SMILES string of the molecule is C[C@@H]1CC[C@@H]2C(=O)N(c3ccc(C(=O)Nc4ccc(Cl)cc4)cc3)C(=O)[C@@H]2C1. The number of fused-ring (bicyclic) bond motifs is 1. The third-order valence-corrected chi connectivity index (χ3v) is 5.93. The van der Waals surface area contributed by atoms with Crippen molar-refractivity contribution in [3.63, 3.8) is 0 Å². The standard InChI is InChI=1S/C22H21ClN2O3/c1-13-2-11-18-19(12-13)22(28)25(21(18)27)17-9-3-14(4-10-17)20(26)24-16-7-5-15(23)6-8-16/h3-10,13,18-19H,2,11-12H2,1H3,(H,24,26)/t13-,18+,19-/m1/s1. The predicted molar refractivity (Wildman–Crippen MR) is 108 cm³/mol. The Balaban J connectivity index is 1.50. The summed E-state index contributed by atoms with van der Waals surface area (Å²) in [6.45, 7) is 2.13. The number of carbonyl (C=O) groups excluding carboxylic acids is 3. The van der Waals surface area contributed by atoms with E-state index in [0.29, 0.717) is 27.9 Å². The van der Waals surface area contributed by atoms with Crippen LogP contribution in [0.2, 0.25) is 5.02 Å². The van der Waals surface area contributed by atoms with Crippen LogP contribution in [0.5, 0.6) is 0 Å². The van der Waals surface area contributed by atoms with E-state index in [2.05, 4.69) is 12.2 Å². The minimum Gasteiger partial charge on any atom is -0.322 e. The molecule has 3 atom stereocenters. The van der Waals surface area contributed by atoms with Gasteiger partial charge >= 0.3 is 0 Å². The van der Waals surface area contributed by atoms with Gasteiger partial charge in [0, 0.05) is 16.3 Å². The highest BCUT2D eigenvalue weighted by atomic mass is 35.5. The molecule has 28 heavy (non-hydrogen) atoms. The fraction of sp³-hybridized carbons (Fsp3) is 0.318. The van der Waals surface area contributed by atoms with Crippen LogP contribution in [0, 0.1) is 17.8 Å². The van der Waals surface area contributed by atoms with E-state index in [9.17, 15) is 14.4 Å².